The maximum Gasteiger partial charge on any atom is 0.281 e. The number of hydrogen-bond donors (Lipinski definition) is 2. The highest BCUT2D eigenvalue weighted by molar-refractivity contribution is 6.30. The summed E-state index contributed by atoms with van der Waals surface area (Å²) >= 11 is 5.81. The van der Waals surface area contributed by atoms with Crippen LogP contribution in [0.2, 0.25) is 5.02 Å². The van der Waals surface area contributed by atoms with E-state index in [0.717, 1.165) is 5.69 Å². The van der Waals surface area contributed by atoms with Gasteiger partial charge >= 0.3 is 0 Å². The van der Waals surface area contributed by atoms with Gasteiger partial charge in [0.25, 0.3) is 11.6 Å². The topological polar surface area (TPSA) is 110 Å². The molecule has 2 aromatic carbocycles. The van der Waals surface area contributed by atoms with Gasteiger partial charge in [-0.05, 0) is 36.4 Å². The predicted molar refractivity (Wildman–Crippen MR) is 106 cm³/mol. The molecule has 0 aliphatic carbocycles. The third-order valence-electron chi connectivity index (χ3n) is 3.66. The molecule has 28 heavy (non-hydrogen) atoms. The molecule has 0 aliphatic heterocycles. The number of para-hydroxylation sites is 1. The number of nitrogens with zero attached hydrogens (tertiary/aromatic N) is 2. The number of hydrazone groups is 1. The number of nitrogens with one attached hydrogen (secondary N) is 2. The molecule has 0 fully saturated rings. The van der Waals surface area contributed by atoms with Crippen LogP contribution in [0, 0.1) is 10.1 Å². The molecule has 9 heteroatoms. The first-order chi connectivity index (χ1) is 13.5. The van der Waals surface area contributed by atoms with Gasteiger partial charge in [0.05, 0.1) is 23.2 Å². The van der Waals surface area contributed by atoms with Crippen molar-refractivity contribution in [2.75, 3.05) is 11.9 Å². The summed E-state index contributed by atoms with van der Waals surface area (Å²) in [5.74, 6) is 0.290. The number of amides is 1. The number of carbonyl (C=O) groups excluding carboxylic acids is 1. The Kier molecular flexibility index (Phi) is 6.03. The maximum absolute atomic E-state index is 11.8. The molecule has 0 radical (unpaired) electrons. The van der Waals surface area contributed by atoms with Crippen molar-refractivity contribution >= 4 is 35.1 Å². The Bertz CT molecular complexity index is 1020. The number of hydrogen-bond acceptors (Lipinski definition) is 6. The van der Waals surface area contributed by atoms with Gasteiger partial charge in [0.15, 0.2) is 0 Å². The second-order valence-corrected chi connectivity index (χ2v) is 6.07. The maximum atomic E-state index is 11.8. The molecular weight excluding hydrogens is 384 g/mol. The van der Waals surface area contributed by atoms with Crippen molar-refractivity contribution in [2.45, 2.75) is 0 Å². The normalized spacial score (nSPS) is 10.8. The van der Waals surface area contributed by atoms with Crippen molar-refractivity contribution in [2.24, 2.45) is 5.10 Å². The van der Waals surface area contributed by atoms with Gasteiger partial charge in [0.2, 0.25) is 0 Å². The van der Waals surface area contributed by atoms with E-state index in [0.29, 0.717) is 17.1 Å². The summed E-state index contributed by atoms with van der Waals surface area (Å²) in [7, 11) is 0. The lowest BCUT2D eigenvalue weighted by molar-refractivity contribution is -0.384. The molecule has 1 amide bonds. The first kappa shape index (κ1) is 19.1. The van der Waals surface area contributed by atoms with Crippen molar-refractivity contribution in [3.05, 3.63) is 81.6 Å². The Morgan fingerprint density at radius 2 is 1.96 bits per heavy atom. The number of nitro benzene ring substituents is 1. The Morgan fingerprint density at radius 3 is 2.71 bits per heavy atom. The number of rotatable bonds is 7. The molecule has 3 rings (SSSR count). The van der Waals surface area contributed by atoms with E-state index in [-0.39, 0.29) is 23.2 Å². The summed E-state index contributed by atoms with van der Waals surface area (Å²) in [6.07, 6.45) is 1.31. The number of carbonyl (C=O) groups is 1. The summed E-state index contributed by atoms with van der Waals surface area (Å²) in [6.45, 7) is 0.0573. The second kappa shape index (κ2) is 8.83. The molecule has 2 N–H and O–H groups in total. The van der Waals surface area contributed by atoms with Gasteiger partial charge in [0.1, 0.15) is 11.5 Å². The van der Waals surface area contributed by atoms with Crippen LogP contribution in [0.3, 0.4) is 0 Å². The van der Waals surface area contributed by atoms with Crippen LogP contribution >= 0.6 is 11.6 Å². The lowest BCUT2D eigenvalue weighted by atomic mass is 10.1. The first-order valence-corrected chi connectivity index (χ1v) is 8.56. The van der Waals surface area contributed by atoms with Gasteiger partial charge in [-0.15, -0.1) is 0 Å². The molecular formula is C19H15ClN4O4. The quantitative estimate of drug-likeness (QED) is 0.354. The molecule has 8 nitrogen and oxygen atoms in total. The lowest BCUT2D eigenvalue weighted by Crippen LogP contribution is -2.25. The number of furan rings is 1. The predicted octanol–water partition coefficient (Wildman–Crippen LogP) is 4.07. The average Bonchev–Trinajstić information content (AvgIpc) is 3.16. The molecule has 0 unspecified atom stereocenters. The lowest BCUT2D eigenvalue weighted by Gasteiger charge is -2.04. The van der Waals surface area contributed by atoms with E-state index in [1.165, 1.54) is 18.3 Å². The summed E-state index contributed by atoms with van der Waals surface area (Å²) in [4.78, 5) is 22.4. The van der Waals surface area contributed by atoms with Gasteiger partial charge in [-0.25, -0.2) is 5.43 Å². The van der Waals surface area contributed by atoms with Gasteiger partial charge in [-0.1, -0.05) is 29.8 Å². The van der Waals surface area contributed by atoms with E-state index in [1.54, 1.807) is 18.2 Å². The summed E-state index contributed by atoms with van der Waals surface area (Å²) < 4.78 is 5.55. The van der Waals surface area contributed by atoms with Gasteiger partial charge < -0.3 is 9.73 Å². The fraction of sp³-hybridized carbons (Fsp3) is 0.0526. The van der Waals surface area contributed by atoms with Crippen molar-refractivity contribution in [1.82, 2.24) is 5.43 Å². The number of benzene rings is 2. The van der Waals surface area contributed by atoms with Crippen LogP contribution in [0.4, 0.5) is 11.4 Å². The van der Waals surface area contributed by atoms with Gasteiger partial charge in [0, 0.05) is 16.8 Å². The second-order valence-electron chi connectivity index (χ2n) is 5.63. The molecule has 1 heterocycles. The minimum atomic E-state index is -0.530. The van der Waals surface area contributed by atoms with E-state index in [2.05, 4.69) is 15.8 Å². The minimum absolute atomic E-state index is 0.0573. The van der Waals surface area contributed by atoms with Gasteiger partial charge in [-0.2, -0.15) is 5.10 Å². The van der Waals surface area contributed by atoms with Crippen molar-refractivity contribution in [1.29, 1.82) is 0 Å². The highest BCUT2D eigenvalue weighted by Gasteiger charge is 2.18. The van der Waals surface area contributed by atoms with Crippen molar-refractivity contribution in [3.8, 4) is 11.3 Å². The largest absolute Gasteiger partial charge is 0.455 e. The van der Waals surface area contributed by atoms with E-state index in [4.69, 9.17) is 16.0 Å². The van der Waals surface area contributed by atoms with Crippen molar-refractivity contribution in [3.63, 3.8) is 0 Å². The Morgan fingerprint density at radius 1 is 1.18 bits per heavy atom. The molecule has 0 bridgehead atoms. The van der Waals surface area contributed by atoms with E-state index < -0.39 is 4.92 Å². The fourth-order valence-electron chi connectivity index (χ4n) is 2.38. The average molecular weight is 399 g/mol. The minimum Gasteiger partial charge on any atom is -0.455 e. The fourth-order valence-corrected chi connectivity index (χ4v) is 2.54. The smallest absolute Gasteiger partial charge is 0.281 e. The molecule has 1 aromatic heterocycles. The molecule has 142 valence electrons. The Labute approximate surface area is 165 Å². The van der Waals surface area contributed by atoms with Crippen LogP contribution < -0.4 is 10.7 Å². The molecule has 3 aromatic rings. The third kappa shape index (κ3) is 4.95. The Balaban J connectivity index is 1.60. The van der Waals surface area contributed by atoms with Crippen LogP contribution in [0.1, 0.15) is 5.76 Å². The monoisotopic (exact) mass is 398 g/mol. The molecule has 0 aliphatic rings. The first-order valence-electron chi connectivity index (χ1n) is 8.18. The van der Waals surface area contributed by atoms with Crippen LogP contribution in [-0.2, 0) is 4.79 Å². The number of anilines is 1. The zero-order valence-corrected chi connectivity index (χ0v) is 15.2. The molecule has 0 saturated heterocycles. The standard InChI is InChI=1S/C19H15ClN4O4/c20-13-6-8-16(17(10-13)24(26)27)18-9-7-15(28-18)11-22-23-19(25)12-21-14-4-2-1-3-5-14/h1-11,21H,12H2,(H,23,25)/b22-11-. The Hall–Kier alpha value is -3.65. The SMILES string of the molecule is O=C(CNc1ccccc1)N/N=C\c1ccc(-c2ccc(Cl)cc2[N+](=O)[O-])o1. The summed E-state index contributed by atoms with van der Waals surface area (Å²) in [5, 5.41) is 18.2. The third-order valence-corrected chi connectivity index (χ3v) is 3.89. The molecule has 0 saturated carbocycles. The van der Waals surface area contributed by atoms with Crippen LogP contribution in [0.5, 0.6) is 0 Å². The molecule has 0 spiro atoms. The highest BCUT2D eigenvalue weighted by Crippen LogP contribution is 2.33. The van der Waals surface area contributed by atoms with Crippen molar-refractivity contribution < 1.29 is 14.1 Å². The summed E-state index contributed by atoms with van der Waals surface area (Å²) in [6, 6.07) is 16.8. The van der Waals surface area contributed by atoms with Crippen LogP contribution in [0.15, 0.2) is 70.2 Å². The van der Waals surface area contributed by atoms with E-state index >= 15 is 0 Å². The summed E-state index contributed by atoms with van der Waals surface area (Å²) in [5.41, 5.74) is 3.33. The number of halogens is 1. The van der Waals surface area contributed by atoms with Crippen LogP contribution in [-0.4, -0.2) is 23.6 Å². The van der Waals surface area contributed by atoms with Gasteiger partial charge in [-0.3, -0.25) is 14.9 Å². The zero-order chi connectivity index (χ0) is 19.9. The van der Waals surface area contributed by atoms with E-state index in [1.807, 2.05) is 30.3 Å². The van der Waals surface area contributed by atoms with E-state index in [9.17, 15) is 14.9 Å². The number of nitro groups is 1. The zero-order valence-electron chi connectivity index (χ0n) is 14.5. The van der Waals surface area contributed by atoms with Crippen LogP contribution in [0.25, 0.3) is 11.3 Å². The molecule has 0 atom stereocenters. The highest BCUT2D eigenvalue weighted by atomic mass is 35.5.